The van der Waals surface area contributed by atoms with Crippen molar-refractivity contribution in [1.82, 2.24) is 9.97 Å². The summed E-state index contributed by atoms with van der Waals surface area (Å²) in [4.78, 5) is 8.42. The number of rotatable bonds is 5. The fraction of sp³-hybridized carbons (Fsp3) is 0.412. The lowest BCUT2D eigenvalue weighted by molar-refractivity contribution is 0.0543. The van der Waals surface area contributed by atoms with Gasteiger partial charge in [0.1, 0.15) is 5.75 Å². The summed E-state index contributed by atoms with van der Waals surface area (Å²) in [6, 6.07) is 8.28. The first-order chi connectivity index (χ1) is 11.2. The third kappa shape index (κ3) is 3.74. The first-order valence-corrected chi connectivity index (χ1v) is 8.03. The Hall–Kier alpha value is -1.85. The first-order valence-electron chi connectivity index (χ1n) is 7.66. The zero-order valence-corrected chi connectivity index (χ0v) is 13.8. The lowest BCUT2D eigenvalue weighted by Crippen LogP contribution is -2.40. The van der Waals surface area contributed by atoms with Crippen LogP contribution in [-0.4, -0.2) is 36.8 Å². The van der Waals surface area contributed by atoms with Crippen LogP contribution in [0.1, 0.15) is 18.4 Å². The molecular formula is C17H20ClN3O2. The quantitative estimate of drug-likeness (QED) is 0.909. The second-order valence-electron chi connectivity index (χ2n) is 5.70. The van der Waals surface area contributed by atoms with Crippen LogP contribution in [-0.2, 0) is 10.2 Å². The third-order valence-corrected chi connectivity index (χ3v) is 4.55. The van der Waals surface area contributed by atoms with Crippen molar-refractivity contribution in [2.45, 2.75) is 18.3 Å². The van der Waals surface area contributed by atoms with Crippen molar-refractivity contribution in [2.75, 3.05) is 32.2 Å². The molecular weight excluding hydrogens is 314 g/mol. The van der Waals surface area contributed by atoms with Gasteiger partial charge in [-0.3, -0.25) is 0 Å². The molecule has 0 bridgehead atoms. The van der Waals surface area contributed by atoms with E-state index in [4.69, 9.17) is 21.1 Å². The van der Waals surface area contributed by atoms with Gasteiger partial charge in [-0.1, -0.05) is 23.7 Å². The summed E-state index contributed by atoms with van der Waals surface area (Å²) in [6.07, 6.45) is 5.11. The molecule has 1 aromatic carbocycles. The Balaban J connectivity index is 1.79. The molecule has 0 unspecified atom stereocenters. The number of aromatic nitrogens is 2. The van der Waals surface area contributed by atoms with Gasteiger partial charge in [0.15, 0.2) is 0 Å². The Morgan fingerprint density at radius 2 is 1.83 bits per heavy atom. The predicted octanol–water partition coefficient (Wildman–Crippen LogP) is 3.30. The Bertz CT molecular complexity index is 625. The molecule has 1 fully saturated rings. The van der Waals surface area contributed by atoms with E-state index in [-0.39, 0.29) is 5.41 Å². The highest BCUT2D eigenvalue weighted by molar-refractivity contribution is 6.30. The SMILES string of the molecule is COc1ccc(C2(CNc3ncc(Cl)cn3)CCOCC2)cc1. The fourth-order valence-corrected chi connectivity index (χ4v) is 3.02. The molecule has 2 aromatic rings. The summed E-state index contributed by atoms with van der Waals surface area (Å²) >= 11 is 5.83. The largest absolute Gasteiger partial charge is 0.497 e. The minimum atomic E-state index is 0.00746. The molecule has 1 aliphatic rings. The molecule has 5 nitrogen and oxygen atoms in total. The number of methoxy groups -OCH3 is 1. The van der Waals surface area contributed by atoms with Crippen LogP contribution in [0.2, 0.25) is 5.02 Å². The maximum Gasteiger partial charge on any atom is 0.222 e. The summed E-state index contributed by atoms with van der Waals surface area (Å²) < 4.78 is 10.8. The molecule has 0 amide bonds. The molecule has 0 spiro atoms. The highest BCUT2D eigenvalue weighted by atomic mass is 35.5. The highest BCUT2D eigenvalue weighted by Crippen LogP contribution is 2.35. The van der Waals surface area contributed by atoms with Crippen molar-refractivity contribution < 1.29 is 9.47 Å². The summed E-state index contributed by atoms with van der Waals surface area (Å²) in [7, 11) is 1.68. The highest BCUT2D eigenvalue weighted by Gasteiger charge is 2.34. The number of nitrogens with zero attached hydrogens (tertiary/aromatic N) is 2. The van der Waals surface area contributed by atoms with Gasteiger partial charge in [-0.25, -0.2) is 9.97 Å². The van der Waals surface area contributed by atoms with Gasteiger partial charge in [-0.05, 0) is 30.5 Å². The molecule has 23 heavy (non-hydrogen) atoms. The van der Waals surface area contributed by atoms with Crippen LogP contribution < -0.4 is 10.1 Å². The lowest BCUT2D eigenvalue weighted by atomic mass is 9.74. The van der Waals surface area contributed by atoms with Crippen molar-refractivity contribution in [3.05, 3.63) is 47.2 Å². The lowest BCUT2D eigenvalue weighted by Gasteiger charge is -2.38. The van der Waals surface area contributed by atoms with Crippen molar-refractivity contribution in [3.8, 4) is 5.75 Å². The number of anilines is 1. The molecule has 1 N–H and O–H groups in total. The van der Waals surface area contributed by atoms with Crippen LogP contribution in [0, 0.1) is 0 Å². The number of hydrogen-bond donors (Lipinski definition) is 1. The van der Waals surface area contributed by atoms with E-state index < -0.39 is 0 Å². The second kappa shape index (κ2) is 7.15. The van der Waals surface area contributed by atoms with Gasteiger partial charge in [-0.15, -0.1) is 0 Å². The zero-order valence-electron chi connectivity index (χ0n) is 13.1. The van der Waals surface area contributed by atoms with Crippen molar-refractivity contribution in [2.24, 2.45) is 0 Å². The minimum absolute atomic E-state index is 0.00746. The van der Waals surface area contributed by atoms with Crippen LogP contribution in [0.5, 0.6) is 5.75 Å². The molecule has 6 heteroatoms. The van der Waals surface area contributed by atoms with Gasteiger partial charge in [-0.2, -0.15) is 0 Å². The summed E-state index contributed by atoms with van der Waals surface area (Å²) in [5.74, 6) is 1.46. The number of ether oxygens (including phenoxy) is 2. The van der Waals surface area contributed by atoms with E-state index in [9.17, 15) is 0 Å². The standard InChI is InChI=1S/C17H20ClN3O2/c1-22-15-4-2-13(3-5-15)17(6-8-23-9-7-17)12-21-16-19-10-14(18)11-20-16/h2-5,10-11H,6-9,12H2,1H3,(H,19,20,21). The second-order valence-corrected chi connectivity index (χ2v) is 6.14. The first kappa shape index (κ1) is 16.0. The average Bonchev–Trinajstić information content (AvgIpc) is 2.62. The summed E-state index contributed by atoms with van der Waals surface area (Å²) in [6.45, 7) is 2.27. The Kier molecular flexibility index (Phi) is 4.98. The van der Waals surface area contributed by atoms with Gasteiger partial charge < -0.3 is 14.8 Å². The summed E-state index contributed by atoms with van der Waals surface area (Å²) in [5.41, 5.74) is 1.29. The molecule has 1 saturated heterocycles. The predicted molar refractivity (Wildman–Crippen MR) is 90.3 cm³/mol. The average molecular weight is 334 g/mol. The number of benzene rings is 1. The number of hydrogen-bond acceptors (Lipinski definition) is 5. The van der Waals surface area contributed by atoms with Crippen LogP contribution in [0.25, 0.3) is 0 Å². The van der Waals surface area contributed by atoms with Gasteiger partial charge in [0.2, 0.25) is 5.95 Å². The Labute approximate surface area is 141 Å². The number of nitrogens with one attached hydrogen (secondary N) is 1. The van der Waals surface area contributed by atoms with Crippen LogP contribution >= 0.6 is 11.6 Å². The van der Waals surface area contributed by atoms with E-state index in [1.807, 2.05) is 12.1 Å². The molecule has 0 atom stereocenters. The smallest absolute Gasteiger partial charge is 0.222 e. The number of halogens is 1. The van der Waals surface area contributed by atoms with Crippen molar-refractivity contribution >= 4 is 17.5 Å². The third-order valence-electron chi connectivity index (χ3n) is 4.36. The van der Waals surface area contributed by atoms with E-state index in [1.54, 1.807) is 19.5 Å². The van der Waals surface area contributed by atoms with E-state index in [0.29, 0.717) is 11.0 Å². The van der Waals surface area contributed by atoms with Gasteiger partial charge in [0.25, 0.3) is 0 Å². The molecule has 1 aromatic heterocycles. The van der Waals surface area contributed by atoms with E-state index in [1.165, 1.54) is 5.56 Å². The zero-order chi connectivity index (χ0) is 16.1. The Morgan fingerprint density at radius 1 is 1.17 bits per heavy atom. The van der Waals surface area contributed by atoms with Crippen LogP contribution in [0.15, 0.2) is 36.7 Å². The van der Waals surface area contributed by atoms with Crippen LogP contribution in [0.4, 0.5) is 5.95 Å². The van der Waals surface area contributed by atoms with Crippen LogP contribution in [0.3, 0.4) is 0 Å². The van der Waals surface area contributed by atoms with E-state index >= 15 is 0 Å². The molecule has 0 aliphatic carbocycles. The van der Waals surface area contributed by atoms with Gasteiger partial charge in [0.05, 0.1) is 24.5 Å². The molecule has 1 aliphatic heterocycles. The minimum Gasteiger partial charge on any atom is -0.497 e. The fourth-order valence-electron chi connectivity index (χ4n) is 2.93. The monoisotopic (exact) mass is 333 g/mol. The maximum atomic E-state index is 5.83. The van der Waals surface area contributed by atoms with E-state index in [0.717, 1.165) is 38.3 Å². The normalized spacial score (nSPS) is 16.8. The van der Waals surface area contributed by atoms with Crippen molar-refractivity contribution in [1.29, 1.82) is 0 Å². The van der Waals surface area contributed by atoms with E-state index in [2.05, 4.69) is 27.4 Å². The van der Waals surface area contributed by atoms with Gasteiger partial charge >= 0.3 is 0 Å². The van der Waals surface area contributed by atoms with Gasteiger partial charge in [0, 0.05) is 25.2 Å². The molecule has 0 radical (unpaired) electrons. The molecule has 3 rings (SSSR count). The summed E-state index contributed by atoms with van der Waals surface area (Å²) in [5, 5.41) is 3.88. The Morgan fingerprint density at radius 3 is 2.43 bits per heavy atom. The molecule has 0 saturated carbocycles. The topological polar surface area (TPSA) is 56.3 Å². The molecule has 2 heterocycles. The van der Waals surface area contributed by atoms with Crippen molar-refractivity contribution in [3.63, 3.8) is 0 Å². The maximum absolute atomic E-state index is 5.83. The molecule has 122 valence electrons.